The summed E-state index contributed by atoms with van der Waals surface area (Å²) in [6, 6.07) is 20.0. The second kappa shape index (κ2) is 8.55. The van der Waals surface area contributed by atoms with Gasteiger partial charge in [-0.1, -0.05) is 88.0 Å². The maximum atomic E-state index is 13.0. The van der Waals surface area contributed by atoms with Crippen LogP contribution in [-0.2, 0) is 9.22 Å². The topological polar surface area (TPSA) is 26.3 Å². The van der Waals surface area contributed by atoms with Gasteiger partial charge in [0.15, 0.2) is 13.4 Å². The van der Waals surface area contributed by atoms with Gasteiger partial charge in [-0.15, -0.1) is 0 Å². The molecule has 0 fully saturated rings. The Kier molecular flexibility index (Phi) is 6.89. The summed E-state index contributed by atoms with van der Waals surface area (Å²) in [5.74, 6) is -0.225. The first-order valence-electron chi connectivity index (χ1n) is 9.11. The minimum Gasteiger partial charge on any atom is -0.409 e. The highest BCUT2D eigenvalue weighted by molar-refractivity contribution is 8.13. The van der Waals surface area contributed by atoms with Crippen molar-refractivity contribution >= 4 is 25.2 Å². The summed E-state index contributed by atoms with van der Waals surface area (Å²) >= 11 is 1.30. The fraction of sp³-hybridized carbons (Fsp3) is 0.409. The van der Waals surface area contributed by atoms with Crippen LogP contribution in [-0.4, -0.2) is 13.4 Å². The average molecular weight is 387 g/mol. The molecule has 2 nitrogen and oxygen atoms in total. The monoisotopic (exact) mass is 386 g/mol. The lowest BCUT2D eigenvalue weighted by Gasteiger charge is -2.40. The summed E-state index contributed by atoms with van der Waals surface area (Å²) in [6.45, 7) is 13.2. The molecule has 0 bridgehead atoms. The summed E-state index contributed by atoms with van der Waals surface area (Å²) in [5, 5.41) is 0.235. The van der Waals surface area contributed by atoms with E-state index in [2.05, 4.69) is 46.0 Å². The second-order valence-corrected chi connectivity index (χ2v) is 14.1. The Labute approximate surface area is 163 Å². The van der Waals surface area contributed by atoms with Gasteiger partial charge >= 0.3 is 0 Å². The first kappa shape index (κ1) is 20.9. The van der Waals surface area contributed by atoms with Crippen molar-refractivity contribution in [3.8, 4) is 0 Å². The van der Waals surface area contributed by atoms with E-state index in [0.717, 1.165) is 10.5 Å². The highest BCUT2D eigenvalue weighted by Gasteiger charge is 2.41. The van der Waals surface area contributed by atoms with Gasteiger partial charge in [0.05, 0.1) is 12.0 Å². The Morgan fingerprint density at radius 3 is 1.96 bits per heavy atom. The van der Waals surface area contributed by atoms with Crippen LogP contribution in [0.4, 0.5) is 0 Å². The van der Waals surface area contributed by atoms with Gasteiger partial charge in [0.1, 0.15) is 0 Å². The van der Waals surface area contributed by atoms with Gasteiger partial charge in [-0.2, -0.15) is 0 Å². The third kappa shape index (κ3) is 5.32. The van der Waals surface area contributed by atoms with Crippen molar-refractivity contribution < 1.29 is 9.22 Å². The molecule has 140 valence electrons. The van der Waals surface area contributed by atoms with Crippen molar-refractivity contribution in [1.82, 2.24) is 0 Å². The van der Waals surface area contributed by atoms with Crippen LogP contribution in [0, 0.1) is 5.92 Å². The average Bonchev–Trinajstić information content (AvgIpc) is 2.59. The number of carbonyl (C=O) groups excluding carboxylic acids is 1. The van der Waals surface area contributed by atoms with Gasteiger partial charge in [0.2, 0.25) is 0 Å². The van der Waals surface area contributed by atoms with E-state index in [1.807, 2.05) is 55.5 Å². The smallest absolute Gasteiger partial charge is 0.199 e. The zero-order valence-corrected chi connectivity index (χ0v) is 18.5. The van der Waals surface area contributed by atoms with Gasteiger partial charge in [0.25, 0.3) is 0 Å². The van der Waals surface area contributed by atoms with Gasteiger partial charge < -0.3 is 4.43 Å². The second-order valence-electron chi connectivity index (χ2n) is 8.23. The highest BCUT2D eigenvalue weighted by Crippen LogP contribution is 2.42. The van der Waals surface area contributed by atoms with E-state index in [1.165, 1.54) is 11.8 Å². The zero-order chi connectivity index (χ0) is 19.4. The standard InChI is InChI=1S/C22H30O2SSi/c1-17(21(23)25-19-15-11-8-12-16-19)20(18-13-9-7-10-14-18)24-26(5,6)22(2,3)4/h7-17,20H,1-6H3/t17-,20-/m1/s1. The molecule has 0 amide bonds. The van der Waals surface area contributed by atoms with Crippen LogP contribution in [0.2, 0.25) is 18.1 Å². The van der Waals surface area contributed by atoms with Crippen molar-refractivity contribution in [2.45, 2.75) is 56.8 Å². The summed E-state index contributed by atoms with van der Waals surface area (Å²) < 4.78 is 6.71. The molecule has 2 atom stereocenters. The molecule has 2 rings (SSSR count). The molecule has 26 heavy (non-hydrogen) atoms. The molecule has 0 aliphatic carbocycles. The minimum atomic E-state index is -2.01. The summed E-state index contributed by atoms with van der Waals surface area (Å²) in [6.07, 6.45) is -0.221. The van der Waals surface area contributed by atoms with E-state index in [-0.39, 0.29) is 22.2 Å². The zero-order valence-electron chi connectivity index (χ0n) is 16.7. The number of hydrogen-bond acceptors (Lipinski definition) is 3. The molecule has 0 heterocycles. The van der Waals surface area contributed by atoms with Crippen molar-refractivity contribution in [2.24, 2.45) is 5.92 Å². The van der Waals surface area contributed by atoms with E-state index < -0.39 is 8.32 Å². The molecule has 2 aromatic rings. The maximum absolute atomic E-state index is 13.0. The lowest BCUT2D eigenvalue weighted by molar-refractivity contribution is -0.116. The van der Waals surface area contributed by atoms with E-state index in [1.54, 1.807) is 0 Å². The number of hydrogen-bond donors (Lipinski definition) is 0. The Morgan fingerprint density at radius 1 is 0.962 bits per heavy atom. The molecule has 0 aliphatic heterocycles. The summed E-state index contributed by atoms with van der Waals surface area (Å²) in [4.78, 5) is 13.9. The van der Waals surface area contributed by atoms with Gasteiger partial charge in [-0.25, -0.2) is 0 Å². The Bertz CT molecular complexity index is 708. The Hall–Kier alpha value is -1.36. The number of benzene rings is 2. The number of thioether (sulfide) groups is 1. The molecule has 0 spiro atoms. The molecule has 2 aromatic carbocycles. The van der Waals surface area contributed by atoms with Crippen molar-refractivity contribution in [3.63, 3.8) is 0 Å². The molecule has 0 aromatic heterocycles. The van der Waals surface area contributed by atoms with E-state index >= 15 is 0 Å². The minimum absolute atomic E-state index is 0.0926. The predicted octanol–water partition coefficient (Wildman–Crippen LogP) is 6.70. The molecule has 0 saturated heterocycles. The van der Waals surface area contributed by atoms with Crippen LogP contribution in [0.5, 0.6) is 0 Å². The first-order valence-corrected chi connectivity index (χ1v) is 12.8. The van der Waals surface area contributed by atoms with Crippen LogP contribution < -0.4 is 0 Å². The molecule has 0 N–H and O–H groups in total. The Morgan fingerprint density at radius 2 is 1.46 bits per heavy atom. The third-order valence-electron chi connectivity index (χ3n) is 5.14. The van der Waals surface area contributed by atoms with Gasteiger partial charge in [-0.05, 0) is 35.8 Å². The Balaban J connectivity index is 2.27. The molecule has 0 unspecified atom stereocenters. The van der Waals surface area contributed by atoms with E-state index in [4.69, 9.17) is 4.43 Å². The van der Waals surface area contributed by atoms with Crippen LogP contribution in [0.3, 0.4) is 0 Å². The molecule has 0 saturated carbocycles. The number of rotatable bonds is 6. The fourth-order valence-electron chi connectivity index (χ4n) is 2.42. The lowest BCUT2D eigenvalue weighted by Crippen LogP contribution is -2.43. The van der Waals surface area contributed by atoms with Gasteiger partial charge in [0, 0.05) is 4.90 Å². The predicted molar refractivity (Wildman–Crippen MR) is 114 cm³/mol. The largest absolute Gasteiger partial charge is 0.409 e. The third-order valence-corrected chi connectivity index (χ3v) is 10.7. The van der Waals surface area contributed by atoms with Crippen molar-refractivity contribution in [2.75, 3.05) is 0 Å². The van der Waals surface area contributed by atoms with Crippen LogP contribution >= 0.6 is 11.8 Å². The van der Waals surface area contributed by atoms with Gasteiger partial charge in [-0.3, -0.25) is 4.79 Å². The normalized spacial score (nSPS) is 14.7. The number of carbonyl (C=O) groups is 1. The molecular weight excluding hydrogens is 356 g/mol. The lowest BCUT2D eigenvalue weighted by atomic mass is 9.99. The van der Waals surface area contributed by atoms with Crippen molar-refractivity contribution in [1.29, 1.82) is 0 Å². The molecule has 4 heteroatoms. The SMILES string of the molecule is C[C@@H](C(=O)Sc1ccccc1)[C@@H](O[Si](C)(C)C(C)(C)C)c1ccccc1. The summed E-state index contributed by atoms with van der Waals surface area (Å²) in [5.41, 5.74) is 1.08. The molecule has 0 aliphatic rings. The van der Waals surface area contributed by atoms with Crippen LogP contribution in [0.15, 0.2) is 65.6 Å². The highest BCUT2D eigenvalue weighted by atomic mass is 32.2. The molecular formula is C22H30O2SSi. The quantitative estimate of drug-likeness (QED) is 0.408. The summed E-state index contributed by atoms with van der Waals surface area (Å²) in [7, 11) is -2.01. The van der Waals surface area contributed by atoms with E-state index in [0.29, 0.717) is 0 Å². The van der Waals surface area contributed by atoms with Crippen molar-refractivity contribution in [3.05, 3.63) is 66.2 Å². The molecule has 0 radical (unpaired) electrons. The maximum Gasteiger partial charge on any atom is 0.199 e. The van der Waals surface area contributed by atoms with E-state index in [9.17, 15) is 4.79 Å². The first-order chi connectivity index (χ1) is 12.1. The fourth-order valence-corrected chi connectivity index (χ4v) is 4.58. The van der Waals surface area contributed by atoms with Crippen LogP contribution in [0.1, 0.15) is 39.4 Å². The van der Waals surface area contributed by atoms with Crippen LogP contribution in [0.25, 0.3) is 0 Å².